The number of nitrogens with one attached hydrogen (secondary N) is 2. The van der Waals surface area contributed by atoms with Crippen molar-refractivity contribution in [3.63, 3.8) is 0 Å². The maximum absolute atomic E-state index is 14.7. The van der Waals surface area contributed by atoms with Crippen LogP contribution in [-0.2, 0) is 54.3 Å². The Labute approximate surface area is 402 Å². The summed E-state index contributed by atoms with van der Waals surface area (Å²) in [5.74, 6) is -5.29. The van der Waals surface area contributed by atoms with E-state index < -0.39 is 66.1 Å². The van der Waals surface area contributed by atoms with Crippen molar-refractivity contribution in [1.82, 2.24) is 30.2 Å². The van der Waals surface area contributed by atoms with Gasteiger partial charge in [-0.25, -0.2) is 4.79 Å². The van der Waals surface area contributed by atoms with Crippen LogP contribution in [0.2, 0.25) is 0 Å². The summed E-state index contributed by atoms with van der Waals surface area (Å²) >= 11 is 0. The molecular formula is C51H76N6O11. The number of carboxylic acid groups (broad SMARTS) is 1. The smallest absolute Gasteiger partial charge is 0.326 e. The fourth-order valence-corrected chi connectivity index (χ4v) is 9.95. The van der Waals surface area contributed by atoms with Gasteiger partial charge in [-0.3, -0.25) is 38.5 Å². The number of imide groups is 1. The van der Waals surface area contributed by atoms with Crippen LogP contribution in [0.1, 0.15) is 106 Å². The number of allylic oxidation sites excluding steroid dienone is 2. The van der Waals surface area contributed by atoms with Crippen LogP contribution in [0.5, 0.6) is 0 Å². The molecule has 7 amide bonds. The van der Waals surface area contributed by atoms with E-state index in [-0.39, 0.29) is 79.0 Å². The Bertz CT molecular complexity index is 2040. The number of likely N-dealkylation sites (N-methyl/N-ethyl adjacent to an activating group) is 2. The minimum Gasteiger partial charge on any atom is -0.480 e. The highest BCUT2D eigenvalue weighted by atomic mass is 16.5. The monoisotopic (exact) mass is 949 g/mol. The Morgan fingerprint density at radius 1 is 0.838 bits per heavy atom. The number of carboxylic acids is 1. The van der Waals surface area contributed by atoms with E-state index in [1.807, 2.05) is 54.5 Å². The number of fused-ring (bicyclic) bond motifs is 1. The molecule has 0 radical (unpaired) electrons. The number of benzene rings is 1. The van der Waals surface area contributed by atoms with Crippen molar-refractivity contribution in [2.24, 2.45) is 29.6 Å². The van der Waals surface area contributed by atoms with E-state index in [4.69, 9.17) is 9.47 Å². The lowest BCUT2D eigenvalue weighted by Gasteiger charge is -2.41. The van der Waals surface area contributed by atoms with Crippen LogP contribution in [0.4, 0.5) is 0 Å². The molecule has 0 aromatic heterocycles. The standard InChI is InChI=1S/C51H76N6O11/c1-13-31(6)45(55(10)50(64)43(29(2)3)53-49(63)44(30(4)5)54(9)39(58)22-18-15-19-25-56-40(59)23-24-41(56)60)38(67-11)28-42(61)57-37(27-35-32(7)46(35)57)47(68-12)33(8)48(62)52-36(51(65)66)26-34-20-16-14-17-21-34/h14,16-17,20-21,23-24,29-31,33,35-38,43-45,47H,13,15,18-19,22,25-28H2,1-12H3,(H,52,62)(H,53,63)(H,65,66)/t31-,33+,35+,36-,37-,38+,43-,44-,45-,47+/m0/s1. The molecule has 0 saturated carbocycles. The summed E-state index contributed by atoms with van der Waals surface area (Å²) in [7, 11) is 6.22. The molecule has 68 heavy (non-hydrogen) atoms. The van der Waals surface area contributed by atoms with Gasteiger partial charge in [-0.15, -0.1) is 0 Å². The number of carbonyl (C=O) groups is 8. The number of rotatable bonds is 27. The third-order valence-corrected chi connectivity index (χ3v) is 14.2. The minimum absolute atomic E-state index is 0.0421. The largest absolute Gasteiger partial charge is 0.480 e. The normalized spacial score (nSPS) is 20.1. The summed E-state index contributed by atoms with van der Waals surface area (Å²) in [5, 5.41) is 15.7. The molecule has 2 aliphatic heterocycles. The van der Waals surface area contributed by atoms with Crippen molar-refractivity contribution in [3.8, 4) is 0 Å². The third kappa shape index (κ3) is 13.2. The van der Waals surface area contributed by atoms with Gasteiger partial charge in [-0.05, 0) is 55.1 Å². The van der Waals surface area contributed by atoms with Crippen LogP contribution < -0.4 is 10.6 Å². The highest BCUT2D eigenvalue weighted by molar-refractivity contribution is 6.12. The molecule has 3 aliphatic rings. The number of hydrogen-bond acceptors (Lipinski definition) is 10. The topological polar surface area (TPSA) is 212 Å². The molecule has 1 aromatic rings. The van der Waals surface area contributed by atoms with Gasteiger partial charge in [0.15, 0.2) is 0 Å². The quantitative estimate of drug-likeness (QED) is 0.0834. The number of carbonyl (C=O) groups excluding carboxylic acids is 7. The zero-order valence-electron chi connectivity index (χ0n) is 42.2. The van der Waals surface area contributed by atoms with Crippen LogP contribution in [0.3, 0.4) is 0 Å². The van der Waals surface area contributed by atoms with Crippen LogP contribution in [0, 0.1) is 29.6 Å². The molecule has 1 aromatic carbocycles. The first-order valence-electron chi connectivity index (χ1n) is 24.1. The lowest BCUT2D eigenvalue weighted by atomic mass is 9.89. The Morgan fingerprint density at radius 2 is 1.47 bits per heavy atom. The van der Waals surface area contributed by atoms with Gasteiger partial charge >= 0.3 is 5.97 Å². The van der Waals surface area contributed by atoms with Crippen LogP contribution in [-0.4, -0.2) is 149 Å². The van der Waals surface area contributed by atoms with E-state index in [0.717, 1.165) is 16.8 Å². The molecular weight excluding hydrogens is 873 g/mol. The van der Waals surface area contributed by atoms with Gasteiger partial charge in [0.1, 0.15) is 18.1 Å². The van der Waals surface area contributed by atoms with Gasteiger partial charge < -0.3 is 39.9 Å². The highest BCUT2D eigenvalue weighted by Gasteiger charge is 2.55. The van der Waals surface area contributed by atoms with Crippen molar-refractivity contribution >= 4 is 47.3 Å². The zero-order valence-corrected chi connectivity index (χ0v) is 42.2. The van der Waals surface area contributed by atoms with Gasteiger partial charge in [0.05, 0.1) is 36.6 Å². The SMILES string of the molecule is CC[C@H](C)[C@@H]([C@@H](CC(=O)N1C2=C(C)[C@H]2C[C@H]1[C@H](OC)[C@@H](C)C(=O)N[C@@H](Cc1ccccc1)C(=O)O)OC)N(C)C(=O)[C@@H](NC(=O)[C@H](C(C)C)N(C)C(=O)CCCCCN1C(=O)C=CC1=O)C(C)C. The number of nitrogens with zero attached hydrogens (tertiary/aromatic N) is 4. The first kappa shape index (κ1) is 55.2. The Balaban J connectivity index is 1.46. The van der Waals surface area contributed by atoms with E-state index in [1.165, 1.54) is 36.2 Å². The molecule has 1 saturated heterocycles. The summed E-state index contributed by atoms with van der Waals surface area (Å²) in [6, 6.07) is 4.89. The lowest BCUT2D eigenvalue weighted by molar-refractivity contribution is -0.148. The molecule has 4 rings (SSSR count). The van der Waals surface area contributed by atoms with Gasteiger partial charge in [-0.1, -0.05) is 91.6 Å². The molecule has 0 bridgehead atoms. The number of methoxy groups -OCH3 is 2. The molecule has 1 fully saturated rings. The molecule has 17 heteroatoms. The fourth-order valence-electron chi connectivity index (χ4n) is 9.95. The first-order valence-corrected chi connectivity index (χ1v) is 24.1. The average molecular weight is 949 g/mol. The van der Waals surface area contributed by atoms with Gasteiger partial charge in [0, 0.05) is 71.5 Å². The van der Waals surface area contributed by atoms with Crippen LogP contribution in [0.25, 0.3) is 0 Å². The highest BCUT2D eigenvalue weighted by Crippen LogP contribution is 2.53. The second kappa shape index (κ2) is 24.7. The predicted octanol–water partition coefficient (Wildman–Crippen LogP) is 4.34. The van der Waals surface area contributed by atoms with Gasteiger partial charge in [-0.2, -0.15) is 0 Å². The molecule has 2 heterocycles. The van der Waals surface area contributed by atoms with E-state index in [1.54, 1.807) is 55.1 Å². The van der Waals surface area contributed by atoms with Crippen molar-refractivity contribution in [2.45, 2.75) is 149 Å². The van der Waals surface area contributed by atoms with E-state index in [2.05, 4.69) is 10.6 Å². The Morgan fingerprint density at radius 3 is 2.01 bits per heavy atom. The maximum Gasteiger partial charge on any atom is 0.326 e. The van der Waals surface area contributed by atoms with Crippen LogP contribution >= 0.6 is 0 Å². The molecule has 17 nitrogen and oxygen atoms in total. The number of aliphatic carboxylic acids is 1. The summed E-state index contributed by atoms with van der Waals surface area (Å²) in [6.07, 6.45) is 3.92. The molecule has 0 spiro atoms. The van der Waals surface area contributed by atoms with Gasteiger partial charge in [0.25, 0.3) is 11.8 Å². The zero-order chi connectivity index (χ0) is 50.7. The van der Waals surface area contributed by atoms with Crippen molar-refractivity contribution in [1.29, 1.82) is 0 Å². The predicted molar refractivity (Wildman–Crippen MR) is 255 cm³/mol. The van der Waals surface area contributed by atoms with E-state index >= 15 is 0 Å². The Kier molecular flexibility index (Phi) is 20.1. The third-order valence-electron chi connectivity index (χ3n) is 14.2. The Hall–Kier alpha value is -5.42. The molecule has 10 atom stereocenters. The van der Waals surface area contributed by atoms with Gasteiger partial charge in [0.2, 0.25) is 29.5 Å². The average Bonchev–Trinajstić information content (AvgIpc) is 3.55. The lowest BCUT2D eigenvalue weighted by Crippen LogP contribution is -2.60. The van der Waals surface area contributed by atoms with Crippen LogP contribution in [0.15, 0.2) is 53.8 Å². The maximum atomic E-state index is 14.7. The number of amides is 7. The fraction of sp³-hybridized carbons (Fsp3) is 0.647. The first-order chi connectivity index (χ1) is 32.1. The van der Waals surface area contributed by atoms with E-state index in [9.17, 15) is 43.5 Å². The number of ether oxygens (including phenoxy) is 2. The summed E-state index contributed by atoms with van der Waals surface area (Å²) in [5.41, 5.74) is 2.70. The summed E-state index contributed by atoms with van der Waals surface area (Å²) in [4.78, 5) is 112. The molecule has 376 valence electrons. The number of unbranched alkanes of at least 4 members (excludes halogenated alkanes) is 2. The molecule has 0 unspecified atom stereocenters. The summed E-state index contributed by atoms with van der Waals surface area (Å²) in [6.45, 7) is 15.2. The molecule has 3 N–H and O–H groups in total. The van der Waals surface area contributed by atoms with Crippen molar-refractivity contribution in [2.75, 3.05) is 34.9 Å². The number of hydrogen-bond donors (Lipinski definition) is 3. The second-order valence-electron chi connectivity index (χ2n) is 19.5. The second-order valence-corrected chi connectivity index (χ2v) is 19.5. The minimum atomic E-state index is -1.17. The van der Waals surface area contributed by atoms with Crippen molar-refractivity contribution < 1.29 is 52.9 Å². The van der Waals surface area contributed by atoms with E-state index in [0.29, 0.717) is 32.1 Å². The van der Waals surface area contributed by atoms with Crippen molar-refractivity contribution in [3.05, 3.63) is 59.3 Å². The summed E-state index contributed by atoms with van der Waals surface area (Å²) < 4.78 is 12.1. The number of likely N-dealkylation sites (tertiary alicyclic amines) is 1. The molecule has 1 aliphatic carbocycles.